The standard InChI is InChI=1S/C29H45N3O5/c1-5-6-7-8-9-13-16-23-19-26(33)31-24(18-22-14-11-10-12-15-22)28(35)30-21(4)27(34)32-25(17-20(2)3)29(36)37-23/h10-12,14-15,20-21,23-25H,5-9,13,16-19H2,1-4H3,(H,30,35)(H,31,33)(H,32,34). The van der Waals surface area contributed by atoms with E-state index in [4.69, 9.17) is 4.74 Å². The summed E-state index contributed by atoms with van der Waals surface area (Å²) in [5.41, 5.74) is 0.886. The van der Waals surface area contributed by atoms with Gasteiger partial charge >= 0.3 is 5.97 Å². The molecule has 0 radical (unpaired) electrons. The molecule has 8 heteroatoms. The Morgan fingerprint density at radius 2 is 1.54 bits per heavy atom. The molecule has 37 heavy (non-hydrogen) atoms. The average Bonchev–Trinajstić information content (AvgIpc) is 2.85. The van der Waals surface area contributed by atoms with Gasteiger partial charge in [0.1, 0.15) is 24.2 Å². The van der Waals surface area contributed by atoms with Crippen LogP contribution in [0.3, 0.4) is 0 Å². The smallest absolute Gasteiger partial charge is 0.328 e. The number of esters is 1. The van der Waals surface area contributed by atoms with E-state index in [1.807, 2.05) is 44.2 Å². The van der Waals surface area contributed by atoms with Crippen LogP contribution in [0.2, 0.25) is 0 Å². The first-order valence-corrected chi connectivity index (χ1v) is 13.8. The van der Waals surface area contributed by atoms with Gasteiger partial charge in [-0.2, -0.15) is 0 Å². The molecule has 0 bridgehead atoms. The van der Waals surface area contributed by atoms with Crippen LogP contribution >= 0.6 is 0 Å². The van der Waals surface area contributed by atoms with Crippen LogP contribution in [0.1, 0.15) is 91.0 Å². The Hall–Kier alpha value is -2.90. The van der Waals surface area contributed by atoms with Gasteiger partial charge in [0.25, 0.3) is 0 Å². The molecule has 1 aromatic rings. The molecule has 4 unspecified atom stereocenters. The summed E-state index contributed by atoms with van der Waals surface area (Å²) in [6.07, 6.45) is 7.05. The summed E-state index contributed by atoms with van der Waals surface area (Å²) in [7, 11) is 0. The molecule has 0 saturated carbocycles. The monoisotopic (exact) mass is 515 g/mol. The van der Waals surface area contributed by atoms with Crippen LogP contribution in [-0.4, -0.2) is 47.9 Å². The predicted molar refractivity (Wildman–Crippen MR) is 144 cm³/mol. The fraction of sp³-hybridized carbons (Fsp3) is 0.655. The van der Waals surface area contributed by atoms with Crippen molar-refractivity contribution in [3.05, 3.63) is 35.9 Å². The van der Waals surface area contributed by atoms with E-state index < -0.39 is 42.0 Å². The van der Waals surface area contributed by atoms with E-state index in [0.717, 1.165) is 24.8 Å². The second-order valence-electron chi connectivity index (χ2n) is 10.6. The fourth-order valence-electron chi connectivity index (χ4n) is 4.48. The number of carbonyl (C=O) groups is 4. The predicted octanol–water partition coefficient (Wildman–Crippen LogP) is 3.82. The summed E-state index contributed by atoms with van der Waals surface area (Å²) in [4.78, 5) is 52.2. The normalized spacial score (nSPS) is 23.7. The van der Waals surface area contributed by atoms with Crippen LogP contribution in [0.15, 0.2) is 30.3 Å². The zero-order valence-electron chi connectivity index (χ0n) is 22.9. The van der Waals surface area contributed by atoms with Gasteiger partial charge in [0.05, 0.1) is 6.42 Å². The molecule has 4 atom stereocenters. The Labute approximate surface area is 221 Å². The Morgan fingerprint density at radius 3 is 2.22 bits per heavy atom. The van der Waals surface area contributed by atoms with E-state index in [2.05, 4.69) is 22.9 Å². The maximum Gasteiger partial charge on any atom is 0.328 e. The molecule has 1 aliphatic rings. The summed E-state index contributed by atoms with van der Waals surface area (Å²) in [5, 5.41) is 8.28. The quantitative estimate of drug-likeness (QED) is 0.306. The molecule has 0 spiro atoms. The van der Waals surface area contributed by atoms with E-state index in [1.54, 1.807) is 6.92 Å². The molecule has 2 rings (SSSR count). The molecule has 3 amide bonds. The minimum atomic E-state index is -0.884. The number of ether oxygens (including phenoxy) is 1. The van der Waals surface area contributed by atoms with Gasteiger partial charge in [0, 0.05) is 6.42 Å². The third kappa shape index (κ3) is 11.4. The number of hydrogen-bond acceptors (Lipinski definition) is 5. The zero-order valence-corrected chi connectivity index (χ0v) is 22.9. The lowest BCUT2D eigenvalue weighted by molar-refractivity contribution is -0.155. The molecular formula is C29H45N3O5. The van der Waals surface area contributed by atoms with Crippen LogP contribution in [0.25, 0.3) is 0 Å². The topological polar surface area (TPSA) is 114 Å². The van der Waals surface area contributed by atoms with E-state index in [-0.39, 0.29) is 24.7 Å². The largest absolute Gasteiger partial charge is 0.460 e. The molecule has 3 N–H and O–H groups in total. The fourth-order valence-corrected chi connectivity index (χ4v) is 4.48. The maximum absolute atomic E-state index is 13.1. The third-order valence-corrected chi connectivity index (χ3v) is 6.57. The Bertz CT molecular complexity index is 874. The zero-order chi connectivity index (χ0) is 27.2. The molecule has 0 aliphatic carbocycles. The summed E-state index contributed by atoms with van der Waals surface area (Å²) in [5.74, 6) is -1.67. The molecule has 1 aromatic carbocycles. The lowest BCUT2D eigenvalue weighted by Crippen LogP contribution is -2.55. The van der Waals surface area contributed by atoms with Gasteiger partial charge in [0.2, 0.25) is 17.7 Å². The second kappa shape index (κ2) is 16.0. The average molecular weight is 516 g/mol. The van der Waals surface area contributed by atoms with Crippen molar-refractivity contribution in [1.29, 1.82) is 0 Å². The highest BCUT2D eigenvalue weighted by Crippen LogP contribution is 2.16. The van der Waals surface area contributed by atoms with Crippen LogP contribution in [0.4, 0.5) is 0 Å². The van der Waals surface area contributed by atoms with Crippen LogP contribution < -0.4 is 16.0 Å². The van der Waals surface area contributed by atoms with Gasteiger partial charge in [0.15, 0.2) is 0 Å². The number of nitrogens with one attached hydrogen (secondary N) is 3. The summed E-state index contributed by atoms with van der Waals surface area (Å²) in [6, 6.07) is 6.81. The van der Waals surface area contributed by atoms with Crippen molar-refractivity contribution in [1.82, 2.24) is 16.0 Å². The highest BCUT2D eigenvalue weighted by Gasteiger charge is 2.32. The van der Waals surface area contributed by atoms with E-state index in [1.165, 1.54) is 19.3 Å². The van der Waals surface area contributed by atoms with Crippen molar-refractivity contribution in [2.24, 2.45) is 5.92 Å². The van der Waals surface area contributed by atoms with Crippen molar-refractivity contribution in [3.8, 4) is 0 Å². The second-order valence-corrected chi connectivity index (χ2v) is 10.6. The molecular weight excluding hydrogens is 470 g/mol. The Balaban J connectivity index is 2.23. The van der Waals surface area contributed by atoms with Crippen molar-refractivity contribution < 1.29 is 23.9 Å². The van der Waals surface area contributed by atoms with Crippen molar-refractivity contribution >= 4 is 23.7 Å². The molecule has 8 nitrogen and oxygen atoms in total. The van der Waals surface area contributed by atoms with Crippen LogP contribution in [0.5, 0.6) is 0 Å². The van der Waals surface area contributed by atoms with Gasteiger partial charge in [-0.25, -0.2) is 4.79 Å². The van der Waals surface area contributed by atoms with Gasteiger partial charge in [-0.05, 0) is 37.7 Å². The first kappa shape index (κ1) is 30.3. The van der Waals surface area contributed by atoms with Crippen LogP contribution in [-0.2, 0) is 30.3 Å². The molecule has 206 valence electrons. The van der Waals surface area contributed by atoms with E-state index in [9.17, 15) is 19.2 Å². The van der Waals surface area contributed by atoms with Gasteiger partial charge < -0.3 is 20.7 Å². The number of hydrogen-bond donors (Lipinski definition) is 3. The third-order valence-electron chi connectivity index (χ3n) is 6.57. The molecule has 1 aliphatic heterocycles. The number of unbranched alkanes of at least 4 members (excludes halogenated alkanes) is 5. The van der Waals surface area contributed by atoms with Gasteiger partial charge in [-0.1, -0.05) is 83.2 Å². The highest BCUT2D eigenvalue weighted by molar-refractivity contribution is 5.94. The summed E-state index contributed by atoms with van der Waals surface area (Å²) in [6.45, 7) is 7.65. The maximum atomic E-state index is 13.1. The number of rotatable bonds is 11. The van der Waals surface area contributed by atoms with Crippen molar-refractivity contribution in [2.75, 3.05) is 0 Å². The lowest BCUT2D eigenvalue weighted by atomic mass is 10.0. The number of benzene rings is 1. The SMILES string of the molecule is CCCCCCCCC1CC(=O)NC(Cc2ccccc2)C(=O)NC(C)C(=O)NC(CC(C)C)C(=O)O1. The Morgan fingerprint density at radius 1 is 0.865 bits per heavy atom. The van der Waals surface area contributed by atoms with Crippen LogP contribution in [0, 0.1) is 5.92 Å². The Kier molecular flexibility index (Phi) is 13.2. The molecule has 0 aromatic heterocycles. The highest BCUT2D eigenvalue weighted by atomic mass is 16.5. The minimum Gasteiger partial charge on any atom is -0.460 e. The molecule has 1 fully saturated rings. The van der Waals surface area contributed by atoms with Gasteiger partial charge in [-0.3, -0.25) is 14.4 Å². The summed E-state index contributed by atoms with van der Waals surface area (Å²) < 4.78 is 5.82. The van der Waals surface area contributed by atoms with E-state index in [0.29, 0.717) is 12.8 Å². The minimum absolute atomic E-state index is 0.0306. The number of carbonyl (C=O) groups excluding carboxylic acids is 4. The van der Waals surface area contributed by atoms with Crippen molar-refractivity contribution in [3.63, 3.8) is 0 Å². The molecule has 1 saturated heterocycles. The van der Waals surface area contributed by atoms with Crippen molar-refractivity contribution in [2.45, 2.75) is 116 Å². The van der Waals surface area contributed by atoms with Gasteiger partial charge in [-0.15, -0.1) is 0 Å². The number of cyclic esters (lactones) is 1. The number of amides is 3. The first-order chi connectivity index (χ1) is 17.7. The molecule has 1 heterocycles. The first-order valence-electron chi connectivity index (χ1n) is 13.8. The van der Waals surface area contributed by atoms with E-state index >= 15 is 0 Å². The summed E-state index contributed by atoms with van der Waals surface area (Å²) >= 11 is 0. The lowest BCUT2D eigenvalue weighted by Gasteiger charge is -2.24.